The maximum Gasteiger partial charge on any atom is 1.00 e. The normalized spacial score (nSPS) is 10.8. The van der Waals surface area contributed by atoms with Gasteiger partial charge in [0.25, 0.3) is 0 Å². The zero-order chi connectivity index (χ0) is 11.8. The second-order valence-corrected chi connectivity index (χ2v) is 3.65. The van der Waals surface area contributed by atoms with Gasteiger partial charge >= 0.3 is 29.6 Å². The molecule has 0 radical (unpaired) electrons. The van der Waals surface area contributed by atoms with Crippen LogP contribution in [-0.2, 0) is 19.9 Å². The van der Waals surface area contributed by atoms with Gasteiger partial charge < -0.3 is 20.5 Å². The molecule has 0 heterocycles. The first-order chi connectivity index (χ1) is 6.97. The average Bonchev–Trinajstić information content (AvgIpc) is 2.10. The molecule has 0 saturated heterocycles. The number of carbonyl (C=O) groups excluding carboxylic acids is 3. The Balaban J connectivity index is -0.000000980. The number of rotatable bonds is 7. The van der Waals surface area contributed by atoms with E-state index in [2.05, 4.69) is 5.32 Å². The van der Waals surface area contributed by atoms with Gasteiger partial charge in [-0.3, -0.25) is 15.9 Å². The Labute approximate surface area is 124 Å². The van der Waals surface area contributed by atoms with E-state index in [0.717, 1.165) is 0 Å². The summed E-state index contributed by atoms with van der Waals surface area (Å²) in [5.41, 5.74) is 0. The smallest absolute Gasteiger partial charge is 0.542 e. The topological polar surface area (TPSA) is 99.5 Å². The van der Waals surface area contributed by atoms with E-state index in [0.29, 0.717) is 6.42 Å². The van der Waals surface area contributed by atoms with E-state index >= 15 is 0 Å². The van der Waals surface area contributed by atoms with Gasteiger partial charge in [0.15, 0.2) is 5.78 Å². The fourth-order valence-electron chi connectivity index (χ4n) is 1.11. The maximum atomic E-state index is 11.3. The molecule has 6 nitrogen and oxygen atoms in total. The molecule has 1 amide bonds. The first-order valence-electron chi connectivity index (χ1n) is 4.77. The van der Waals surface area contributed by atoms with Crippen molar-refractivity contribution < 1.29 is 49.4 Å². The van der Waals surface area contributed by atoms with Gasteiger partial charge in [0.1, 0.15) is 0 Å². The van der Waals surface area contributed by atoms with Crippen LogP contribution in [0.4, 0.5) is 0 Å². The summed E-state index contributed by atoms with van der Waals surface area (Å²) in [7, 11) is 3.53. The van der Waals surface area contributed by atoms with Crippen molar-refractivity contribution >= 4 is 18.0 Å². The third-order valence-corrected chi connectivity index (χ3v) is 1.82. The number of likely N-dealkylation sites (N-methyl/N-ethyl adjacent to an activating group) is 1. The van der Waals surface area contributed by atoms with Crippen LogP contribution in [0.25, 0.3) is 0 Å². The van der Waals surface area contributed by atoms with E-state index in [9.17, 15) is 14.4 Å². The summed E-state index contributed by atoms with van der Waals surface area (Å²) in [5.74, 6) is -0.358. The van der Waals surface area contributed by atoms with Gasteiger partial charge in [0, 0.05) is 0 Å². The molecule has 0 aromatic carbocycles. The maximum absolute atomic E-state index is 11.3. The molecular formula is C10H20N2NaO4+. The first kappa shape index (κ1) is 22.0. The van der Waals surface area contributed by atoms with Crippen LogP contribution in [0.15, 0.2) is 0 Å². The molecule has 0 aliphatic rings. The van der Waals surface area contributed by atoms with E-state index in [1.165, 1.54) is 6.92 Å². The fourth-order valence-corrected chi connectivity index (χ4v) is 1.11. The van der Waals surface area contributed by atoms with Crippen molar-refractivity contribution in [2.45, 2.75) is 25.8 Å². The SMILES string of the molecule is CC(=O)[C@H](CC[C-]=O)NC(=O)CN(C)C.[Na+].[OH3+]. The second kappa shape index (κ2) is 12.2. The minimum atomic E-state index is -0.570. The van der Waals surface area contributed by atoms with Crippen molar-refractivity contribution in [2.75, 3.05) is 20.6 Å². The van der Waals surface area contributed by atoms with Crippen molar-refractivity contribution in [1.82, 2.24) is 10.2 Å². The molecule has 0 bridgehead atoms. The zero-order valence-electron chi connectivity index (χ0n) is 10.9. The summed E-state index contributed by atoms with van der Waals surface area (Å²) in [4.78, 5) is 34.2. The second-order valence-electron chi connectivity index (χ2n) is 3.65. The van der Waals surface area contributed by atoms with Crippen LogP contribution in [-0.4, -0.2) is 49.6 Å². The molecule has 0 unspecified atom stereocenters. The van der Waals surface area contributed by atoms with Crippen molar-refractivity contribution in [3.8, 4) is 0 Å². The number of Topliss-reactive ketones (excluding diaryl/α,β-unsaturated/α-hetero) is 1. The molecular weight excluding hydrogens is 235 g/mol. The summed E-state index contributed by atoms with van der Waals surface area (Å²) >= 11 is 0. The van der Waals surface area contributed by atoms with Gasteiger partial charge in [-0.15, -0.1) is 0 Å². The Morgan fingerprint density at radius 2 is 1.88 bits per heavy atom. The predicted molar refractivity (Wildman–Crippen MR) is 61.0 cm³/mol. The molecule has 17 heavy (non-hydrogen) atoms. The summed E-state index contributed by atoms with van der Waals surface area (Å²) in [6.07, 6.45) is 2.18. The standard InChI is InChI=1S/C10H17N2O3.Na.H2O/c1-8(14)9(5-4-6-13)11-10(15)7-12(2)3;;/h9H,4-5,7H2,1-3H3,(H,11,15);;1H2/q-1;+1;/p+1/t9-;;/m0../s1. The predicted octanol–water partition coefficient (Wildman–Crippen LogP) is -4.41. The molecule has 0 saturated carbocycles. The van der Waals surface area contributed by atoms with Crippen molar-refractivity contribution in [3.63, 3.8) is 0 Å². The quantitative estimate of drug-likeness (QED) is 0.282. The average molecular weight is 255 g/mol. The molecule has 4 N–H and O–H groups in total. The van der Waals surface area contributed by atoms with E-state index < -0.39 is 6.04 Å². The van der Waals surface area contributed by atoms with Gasteiger partial charge in [-0.05, 0) is 27.4 Å². The van der Waals surface area contributed by atoms with Crippen LogP contribution in [0.2, 0.25) is 0 Å². The number of carbonyl (C=O) groups is 2. The molecule has 0 spiro atoms. The molecule has 7 heteroatoms. The first-order valence-corrected chi connectivity index (χ1v) is 4.77. The van der Waals surface area contributed by atoms with Crippen molar-refractivity contribution in [1.29, 1.82) is 0 Å². The number of amides is 1. The van der Waals surface area contributed by atoms with Crippen LogP contribution >= 0.6 is 0 Å². The third-order valence-electron chi connectivity index (χ3n) is 1.82. The number of hydrogen-bond donors (Lipinski definition) is 1. The molecule has 0 rings (SSSR count). The third kappa shape index (κ3) is 12.0. The Kier molecular flexibility index (Phi) is 15.8. The Bertz CT molecular complexity index is 246. The van der Waals surface area contributed by atoms with Gasteiger partial charge in [-0.2, -0.15) is 6.42 Å². The summed E-state index contributed by atoms with van der Waals surface area (Å²) in [6, 6.07) is -0.570. The Morgan fingerprint density at radius 3 is 2.24 bits per heavy atom. The number of nitrogens with one attached hydrogen (secondary N) is 1. The van der Waals surface area contributed by atoms with Crippen LogP contribution < -0.4 is 34.9 Å². The van der Waals surface area contributed by atoms with Gasteiger partial charge in [-0.1, -0.05) is 0 Å². The fraction of sp³-hybridized carbons (Fsp3) is 0.700. The summed E-state index contributed by atoms with van der Waals surface area (Å²) < 4.78 is 0. The van der Waals surface area contributed by atoms with E-state index in [1.807, 2.05) is 0 Å². The monoisotopic (exact) mass is 255 g/mol. The number of nitrogens with zero attached hydrogens (tertiary/aromatic N) is 1. The van der Waals surface area contributed by atoms with Crippen LogP contribution in [0.5, 0.6) is 0 Å². The van der Waals surface area contributed by atoms with E-state index in [4.69, 9.17) is 0 Å². The molecule has 0 aliphatic carbocycles. The molecule has 0 aromatic heterocycles. The number of ketones is 1. The van der Waals surface area contributed by atoms with Gasteiger partial charge in [0.05, 0.1) is 12.6 Å². The Hall–Kier alpha value is -0.270. The van der Waals surface area contributed by atoms with Crippen LogP contribution in [0.1, 0.15) is 19.8 Å². The van der Waals surface area contributed by atoms with Crippen molar-refractivity contribution in [3.05, 3.63) is 0 Å². The zero-order valence-corrected chi connectivity index (χ0v) is 12.9. The molecule has 0 aliphatic heterocycles. The summed E-state index contributed by atoms with van der Waals surface area (Å²) in [6.45, 7) is 1.62. The Morgan fingerprint density at radius 1 is 1.35 bits per heavy atom. The largest absolute Gasteiger partial charge is 1.00 e. The summed E-state index contributed by atoms with van der Waals surface area (Å²) in [5, 5.41) is 2.57. The van der Waals surface area contributed by atoms with Crippen LogP contribution in [0.3, 0.4) is 0 Å². The van der Waals surface area contributed by atoms with Gasteiger partial charge in [0.2, 0.25) is 5.91 Å². The molecule has 1 atom stereocenters. The van der Waals surface area contributed by atoms with Gasteiger partial charge in [-0.25, -0.2) is 0 Å². The number of hydrogen-bond acceptors (Lipinski definition) is 4. The minimum Gasteiger partial charge on any atom is -0.542 e. The molecule has 94 valence electrons. The van der Waals surface area contributed by atoms with Crippen molar-refractivity contribution in [2.24, 2.45) is 0 Å². The molecule has 0 aromatic rings. The van der Waals surface area contributed by atoms with E-state index in [1.54, 1.807) is 25.3 Å². The van der Waals surface area contributed by atoms with Crippen LogP contribution in [0, 0.1) is 0 Å². The van der Waals surface area contributed by atoms with E-state index in [-0.39, 0.29) is 59.7 Å². The molecule has 0 fully saturated rings. The minimum absolute atomic E-state index is 0.